The van der Waals surface area contributed by atoms with E-state index in [9.17, 15) is 9.18 Å². The zero-order chi connectivity index (χ0) is 14.8. The quantitative estimate of drug-likeness (QED) is 0.790. The average molecular weight is 399 g/mol. The van der Waals surface area contributed by atoms with E-state index in [0.717, 1.165) is 0 Å². The van der Waals surface area contributed by atoms with Crippen LogP contribution in [0.25, 0.3) is 0 Å². The van der Waals surface area contributed by atoms with Crippen molar-refractivity contribution in [1.29, 1.82) is 0 Å². The van der Waals surface area contributed by atoms with Crippen molar-refractivity contribution in [3.8, 4) is 11.5 Å². The van der Waals surface area contributed by atoms with Gasteiger partial charge in [-0.1, -0.05) is 12.1 Å². The van der Waals surface area contributed by atoms with E-state index in [1.165, 1.54) is 18.2 Å². The monoisotopic (exact) mass is 399 g/mol. The highest BCUT2D eigenvalue weighted by atomic mass is 127. The maximum atomic E-state index is 13.0. The maximum Gasteiger partial charge on any atom is 0.269 e. The lowest BCUT2D eigenvalue weighted by molar-refractivity contribution is -0.125. The second kappa shape index (κ2) is 5.88. The number of amides is 1. The minimum atomic E-state index is -0.735. The Kier molecular flexibility index (Phi) is 3.96. The molecule has 0 saturated carbocycles. The number of fused-ring (bicyclic) bond motifs is 1. The van der Waals surface area contributed by atoms with Crippen LogP contribution < -0.4 is 14.8 Å². The summed E-state index contributed by atoms with van der Waals surface area (Å²) < 4.78 is 24.8. The first kappa shape index (κ1) is 14.1. The van der Waals surface area contributed by atoms with Crippen LogP contribution in [0.4, 0.5) is 10.1 Å². The predicted molar refractivity (Wildman–Crippen MR) is 84.1 cm³/mol. The van der Waals surface area contributed by atoms with Crippen molar-refractivity contribution >= 4 is 34.2 Å². The molecule has 1 aliphatic rings. The van der Waals surface area contributed by atoms with Crippen molar-refractivity contribution < 1.29 is 18.7 Å². The second-order valence-corrected chi connectivity index (χ2v) is 5.64. The molecular formula is C15H11FINO3. The summed E-state index contributed by atoms with van der Waals surface area (Å²) in [6, 6.07) is 11.3. The molecule has 0 spiro atoms. The maximum absolute atomic E-state index is 13.0. The van der Waals surface area contributed by atoms with Crippen molar-refractivity contribution in [1.82, 2.24) is 0 Å². The van der Waals surface area contributed by atoms with Crippen LogP contribution in [0, 0.1) is 9.39 Å². The van der Waals surface area contributed by atoms with E-state index in [1.54, 1.807) is 12.1 Å². The lowest BCUT2D eigenvalue weighted by Crippen LogP contribution is -2.40. The molecule has 1 heterocycles. The summed E-state index contributed by atoms with van der Waals surface area (Å²) >= 11 is 1.96. The summed E-state index contributed by atoms with van der Waals surface area (Å²) in [6.07, 6.45) is -0.735. The van der Waals surface area contributed by atoms with Crippen LogP contribution in [-0.2, 0) is 4.79 Å². The van der Waals surface area contributed by atoms with Crippen LogP contribution in [-0.4, -0.2) is 18.6 Å². The lowest BCUT2D eigenvalue weighted by atomic mass is 10.2. The standard InChI is InChI=1S/C15H11FINO3/c16-9-5-6-11(10(17)7-9)18-15(19)14-8-20-12-3-1-2-4-13(12)21-14/h1-7,14H,8H2,(H,18,19). The fourth-order valence-electron chi connectivity index (χ4n) is 1.95. The van der Waals surface area contributed by atoms with Crippen LogP contribution in [0.2, 0.25) is 0 Å². The van der Waals surface area contributed by atoms with Gasteiger partial charge in [0.15, 0.2) is 11.5 Å². The van der Waals surface area contributed by atoms with Crippen molar-refractivity contribution in [2.45, 2.75) is 6.10 Å². The molecule has 3 rings (SSSR count). The third kappa shape index (κ3) is 3.10. The lowest BCUT2D eigenvalue weighted by Gasteiger charge is -2.25. The molecule has 1 aliphatic heterocycles. The van der Waals surface area contributed by atoms with Gasteiger partial charge in [-0.05, 0) is 52.9 Å². The minimum absolute atomic E-state index is 0.140. The van der Waals surface area contributed by atoms with Gasteiger partial charge in [-0.15, -0.1) is 0 Å². The molecule has 6 heteroatoms. The number of hydrogen-bond donors (Lipinski definition) is 1. The number of carbonyl (C=O) groups is 1. The van der Waals surface area contributed by atoms with Gasteiger partial charge in [0, 0.05) is 3.57 Å². The fraction of sp³-hybridized carbons (Fsp3) is 0.133. The van der Waals surface area contributed by atoms with Gasteiger partial charge in [0.2, 0.25) is 6.10 Å². The third-order valence-corrected chi connectivity index (χ3v) is 3.88. The zero-order valence-corrected chi connectivity index (χ0v) is 13.0. The second-order valence-electron chi connectivity index (χ2n) is 4.48. The Labute approximate surface area is 134 Å². The Morgan fingerprint density at radius 2 is 2.00 bits per heavy atom. The molecule has 1 amide bonds. The number of carbonyl (C=O) groups excluding carboxylic acids is 1. The fourth-order valence-corrected chi connectivity index (χ4v) is 2.56. The first-order chi connectivity index (χ1) is 10.1. The molecule has 0 radical (unpaired) electrons. The highest BCUT2D eigenvalue weighted by Gasteiger charge is 2.27. The zero-order valence-electron chi connectivity index (χ0n) is 10.8. The molecule has 1 unspecified atom stereocenters. The predicted octanol–water partition coefficient (Wildman–Crippen LogP) is 3.21. The molecule has 0 aliphatic carbocycles. The summed E-state index contributed by atoms with van der Waals surface area (Å²) in [5.41, 5.74) is 0.546. The van der Waals surface area contributed by atoms with Gasteiger partial charge >= 0.3 is 0 Å². The number of para-hydroxylation sites is 2. The molecule has 0 saturated heterocycles. The van der Waals surface area contributed by atoms with Gasteiger partial charge in [-0.25, -0.2) is 4.39 Å². The van der Waals surface area contributed by atoms with Gasteiger partial charge in [0.1, 0.15) is 12.4 Å². The van der Waals surface area contributed by atoms with Gasteiger partial charge in [0.25, 0.3) is 5.91 Å². The minimum Gasteiger partial charge on any atom is -0.485 e. The van der Waals surface area contributed by atoms with E-state index < -0.39 is 6.10 Å². The number of ether oxygens (including phenoxy) is 2. The van der Waals surface area contributed by atoms with E-state index in [0.29, 0.717) is 20.8 Å². The first-order valence-corrected chi connectivity index (χ1v) is 7.36. The number of anilines is 1. The van der Waals surface area contributed by atoms with Crippen molar-refractivity contribution in [2.24, 2.45) is 0 Å². The molecule has 21 heavy (non-hydrogen) atoms. The van der Waals surface area contributed by atoms with Crippen molar-refractivity contribution in [3.05, 3.63) is 51.9 Å². The summed E-state index contributed by atoms with van der Waals surface area (Å²) in [5.74, 6) is 0.494. The molecule has 4 nitrogen and oxygen atoms in total. The van der Waals surface area contributed by atoms with Crippen LogP contribution in [0.3, 0.4) is 0 Å². The number of nitrogens with one attached hydrogen (secondary N) is 1. The normalized spacial score (nSPS) is 16.4. The summed E-state index contributed by atoms with van der Waals surface area (Å²) in [7, 11) is 0. The molecule has 0 fully saturated rings. The van der Waals surface area contributed by atoms with Crippen LogP contribution in [0.1, 0.15) is 0 Å². The van der Waals surface area contributed by atoms with E-state index >= 15 is 0 Å². The Hall–Kier alpha value is -1.83. The van der Waals surface area contributed by atoms with Crippen LogP contribution in [0.5, 0.6) is 11.5 Å². The Balaban J connectivity index is 1.72. The highest BCUT2D eigenvalue weighted by molar-refractivity contribution is 14.1. The SMILES string of the molecule is O=C(Nc1ccc(F)cc1I)C1COc2ccccc2O1. The Morgan fingerprint density at radius 1 is 1.24 bits per heavy atom. The van der Waals surface area contributed by atoms with E-state index in [4.69, 9.17) is 9.47 Å². The Bertz CT molecular complexity index is 692. The van der Waals surface area contributed by atoms with Gasteiger partial charge < -0.3 is 14.8 Å². The summed E-state index contributed by atoms with van der Waals surface area (Å²) in [4.78, 5) is 12.2. The van der Waals surface area contributed by atoms with Crippen LogP contribution in [0.15, 0.2) is 42.5 Å². The molecule has 1 atom stereocenters. The van der Waals surface area contributed by atoms with Gasteiger partial charge in [0.05, 0.1) is 5.69 Å². The molecule has 1 N–H and O–H groups in total. The first-order valence-electron chi connectivity index (χ1n) is 6.28. The summed E-state index contributed by atoms with van der Waals surface area (Å²) in [5, 5.41) is 2.72. The summed E-state index contributed by atoms with van der Waals surface area (Å²) in [6.45, 7) is 0.140. The van der Waals surface area contributed by atoms with Gasteiger partial charge in [-0.2, -0.15) is 0 Å². The molecule has 0 aromatic heterocycles. The van der Waals surface area contributed by atoms with Crippen LogP contribution >= 0.6 is 22.6 Å². The van der Waals surface area contributed by atoms with E-state index in [-0.39, 0.29) is 18.3 Å². The third-order valence-electron chi connectivity index (χ3n) is 2.99. The average Bonchev–Trinajstić information content (AvgIpc) is 2.49. The number of halogens is 2. The van der Waals surface area contributed by atoms with Crippen molar-refractivity contribution in [3.63, 3.8) is 0 Å². The van der Waals surface area contributed by atoms with E-state index in [2.05, 4.69) is 5.32 Å². The molecule has 2 aromatic rings. The topological polar surface area (TPSA) is 47.6 Å². The van der Waals surface area contributed by atoms with Crippen molar-refractivity contribution in [2.75, 3.05) is 11.9 Å². The molecular weight excluding hydrogens is 388 g/mol. The molecule has 0 bridgehead atoms. The highest BCUT2D eigenvalue weighted by Crippen LogP contribution is 2.31. The number of hydrogen-bond acceptors (Lipinski definition) is 3. The largest absolute Gasteiger partial charge is 0.485 e. The van der Waals surface area contributed by atoms with Gasteiger partial charge in [-0.3, -0.25) is 4.79 Å². The number of benzene rings is 2. The smallest absolute Gasteiger partial charge is 0.269 e. The Morgan fingerprint density at radius 3 is 2.76 bits per heavy atom. The number of rotatable bonds is 2. The molecule has 2 aromatic carbocycles. The van der Waals surface area contributed by atoms with E-state index in [1.807, 2.05) is 34.7 Å². The molecule has 108 valence electrons.